The van der Waals surface area contributed by atoms with Crippen molar-refractivity contribution in [1.29, 1.82) is 0 Å². The van der Waals surface area contributed by atoms with Crippen molar-refractivity contribution in [2.45, 2.75) is 285 Å². The van der Waals surface area contributed by atoms with Crippen LogP contribution in [-0.2, 0) is 44.9 Å². The van der Waals surface area contributed by atoms with Crippen LogP contribution in [0.5, 0.6) is 5.75 Å². The van der Waals surface area contributed by atoms with Crippen LogP contribution in [-0.4, -0.2) is 5.97 Å². The fourth-order valence-electron chi connectivity index (χ4n) is 9.48. The average Bonchev–Trinajstić information content (AvgIpc) is 0.871. The topological polar surface area (TPSA) is 26.3 Å². The molecule has 1 saturated carbocycles. The summed E-state index contributed by atoms with van der Waals surface area (Å²) in [5.41, 5.74) is 21.3. The summed E-state index contributed by atoms with van der Waals surface area (Å²) in [6.07, 6.45) is 15.1. The maximum atomic E-state index is 11.9. The van der Waals surface area contributed by atoms with Crippen molar-refractivity contribution < 1.29 is 9.53 Å². The molecule has 1 fully saturated rings. The standard InChI is InChI=1S/C17H20.C17H16.C16H16O2.C15H16.C9H18.C9H12.9C2H6/c2*1-3-15-8-10-17(11-9-15)13-12-16-6-4-14(2)5-7-16;1-3-13-6-10-15(11-7-13)18-16(17)14-8-4-12(2)5-9-14;1-3-13-6-10-15(11-7-13)14-8-4-12(2)5-9-14;2*1-3-9-6-4-8(2)5-7-9;9*1-2/h4-11H,3,12-13H2,1-2H3;4-11H,3H2,1-2H3;4-11H,3H2,1-2H3;4-11H,3H2,1-2H3;8-9H,3-7H2,1-2H3;4-7H,3H2,1-2H3;9*1-2H3. The highest BCUT2D eigenvalue weighted by Gasteiger charge is 2.16. The van der Waals surface area contributed by atoms with Gasteiger partial charge in [0.05, 0.1) is 5.56 Å². The molecule has 2 heteroatoms. The van der Waals surface area contributed by atoms with Crippen molar-refractivity contribution >= 4 is 5.97 Å². The molecule has 0 N–H and O–H groups in total. The number of hydrogen-bond donors (Lipinski definition) is 0. The molecule has 103 heavy (non-hydrogen) atoms. The molecule has 0 bridgehead atoms. The molecule has 0 aliphatic heterocycles. The van der Waals surface area contributed by atoms with E-state index in [9.17, 15) is 4.79 Å². The maximum absolute atomic E-state index is 11.9. The molecule has 1 aliphatic carbocycles. The summed E-state index contributed by atoms with van der Waals surface area (Å²) in [5, 5.41) is 0. The minimum Gasteiger partial charge on any atom is -0.423 e. The van der Waals surface area contributed by atoms with Gasteiger partial charge in [0.25, 0.3) is 0 Å². The average molecular weight is 1400 g/mol. The number of benzene rings is 9. The highest BCUT2D eigenvalue weighted by molar-refractivity contribution is 5.91. The van der Waals surface area contributed by atoms with Crippen LogP contribution in [0.2, 0.25) is 0 Å². The molecule has 568 valence electrons. The van der Waals surface area contributed by atoms with Gasteiger partial charge in [-0.2, -0.15) is 0 Å². The molecule has 0 atom stereocenters. The second kappa shape index (κ2) is 72.4. The van der Waals surface area contributed by atoms with Crippen LogP contribution in [0.4, 0.5) is 0 Å². The van der Waals surface area contributed by atoms with E-state index >= 15 is 0 Å². The van der Waals surface area contributed by atoms with Crippen molar-refractivity contribution in [3.8, 4) is 28.7 Å². The lowest BCUT2D eigenvalue weighted by atomic mass is 9.82. The normalized spacial score (nSPS) is 11.1. The molecule has 0 unspecified atom stereocenters. The van der Waals surface area contributed by atoms with Gasteiger partial charge < -0.3 is 4.74 Å². The Kier molecular flexibility index (Phi) is 72.8. The Bertz CT molecular complexity index is 3290. The first-order chi connectivity index (χ1) is 50.2. The third kappa shape index (κ3) is 50.1. The predicted octanol–water partition coefficient (Wildman–Crippen LogP) is 31.3. The summed E-state index contributed by atoms with van der Waals surface area (Å²) in [7, 11) is 0. The van der Waals surface area contributed by atoms with Gasteiger partial charge in [-0.15, -0.1) is 0 Å². The number of rotatable bonds is 12. The highest BCUT2D eigenvalue weighted by atomic mass is 16.5. The maximum Gasteiger partial charge on any atom is 0.343 e. The molecular weight excluding hydrogens is 1250 g/mol. The number of carbonyl (C=O) groups is 1. The molecule has 0 aromatic heterocycles. The van der Waals surface area contributed by atoms with Crippen LogP contribution in [0.25, 0.3) is 11.1 Å². The second-order valence-corrected chi connectivity index (χ2v) is 22.9. The summed E-state index contributed by atoms with van der Waals surface area (Å²) in [5.74, 6) is 8.71. The Morgan fingerprint density at radius 3 is 0.835 bits per heavy atom. The largest absolute Gasteiger partial charge is 0.423 e. The van der Waals surface area contributed by atoms with Crippen LogP contribution >= 0.6 is 0 Å². The molecule has 2 nitrogen and oxygen atoms in total. The zero-order valence-electron chi connectivity index (χ0n) is 71.7. The quantitative estimate of drug-likeness (QED) is 0.0692. The predicted molar refractivity (Wildman–Crippen MR) is 469 cm³/mol. The van der Waals surface area contributed by atoms with Gasteiger partial charge in [0.15, 0.2) is 0 Å². The van der Waals surface area contributed by atoms with Gasteiger partial charge in [0.1, 0.15) is 5.75 Å². The van der Waals surface area contributed by atoms with E-state index in [0.717, 1.165) is 73.5 Å². The number of hydrogen-bond acceptors (Lipinski definition) is 2. The van der Waals surface area contributed by atoms with E-state index < -0.39 is 0 Å². The van der Waals surface area contributed by atoms with Crippen molar-refractivity contribution in [3.63, 3.8) is 0 Å². The van der Waals surface area contributed by atoms with Gasteiger partial charge in [-0.1, -0.05) is 415 Å². The Balaban J connectivity index is -0.000000361. The van der Waals surface area contributed by atoms with E-state index in [2.05, 4.69) is 258 Å². The smallest absolute Gasteiger partial charge is 0.343 e. The fourth-order valence-corrected chi connectivity index (χ4v) is 9.48. The number of aryl methyl sites for hydroxylation is 12. The third-order valence-electron chi connectivity index (χ3n) is 15.8. The van der Waals surface area contributed by atoms with Gasteiger partial charge in [-0.05, 0) is 190 Å². The number of ether oxygens (including phenoxy) is 1. The highest BCUT2D eigenvalue weighted by Crippen LogP contribution is 2.30. The van der Waals surface area contributed by atoms with Gasteiger partial charge in [-0.25, -0.2) is 4.79 Å². The van der Waals surface area contributed by atoms with E-state index in [-0.39, 0.29) is 5.97 Å². The van der Waals surface area contributed by atoms with Crippen molar-refractivity contribution in [1.82, 2.24) is 0 Å². The van der Waals surface area contributed by atoms with E-state index in [0.29, 0.717) is 11.3 Å². The van der Waals surface area contributed by atoms with Crippen LogP contribution in [0.3, 0.4) is 0 Å². The molecule has 9 aromatic rings. The van der Waals surface area contributed by atoms with Crippen LogP contribution in [0.15, 0.2) is 218 Å². The summed E-state index contributed by atoms with van der Waals surface area (Å²) < 4.78 is 5.30. The van der Waals surface area contributed by atoms with Crippen molar-refractivity contribution in [2.24, 2.45) is 11.8 Å². The summed E-state index contributed by atoms with van der Waals surface area (Å²) in [6, 6.07) is 75.6. The second-order valence-electron chi connectivity index (χ2n) is 22.9. The van der Waals surface area contributed by atoms with Gasteiger partial charge >= 0.3 is 5.97 Å². The van der Waals surface area contributed by atoms with E-state index in [1.165, 1.54) is 104 Å². The fraction of sp³-hybridized carbons (Fsp3) is 0.436. The van der Waals surface area contributed by atoms with Crippen molar-refractivity contribution in [2.75, 3.05) is 0 Å². The molecule has 0 heterocycles. The number of esters is 1. The van der Waals surface area contributed by atoms with Gasteiger partial charge in [0, 0.05) is 11.1 Å². The molecule has 0 spiro atoms. The lowest BCUT2D eigenvalue weighted by molar-refractivity contribution is 0.0734. The molecule has 0 amide bonds. The van der Waals surface area contributed by atoms with Crippen LogP contribution < -0.4 is 4.74 Å². The molecule has 1 aliphatic rings. The monoisotopic (exact) mass is 1400 g/mol. The summed E-state index contributed by atoms with van der Waals surface area (Å²) in [6.45, 7) is 61.9. The Hall–Kier alpha value is -7.99. The summed E-state index contributed by atoms with van der Waals surface area (Å²) >= 11 is 0. The minimum absolute atomic E-state index is 0.320. The van der Waals surface area contributed by atoms with E-state index in [1.807, 2.05) is 168 Å². The molecule has 0 radical (unpaired) electrons. The molecule has 0 saturated heterocycles. The molecular formula is C101H152O2. The van der Waals surface area contributed by atoms with Crippen LogP contribution in [0, 0.1) is 58.3 Å². The molecule has 10 rings (SSSR count). The molecule has 9 aromatic carbocycles. The third-order valence-corrected chi connectivity index (χ3v) is 15.8. The minimum atomic E-state index is -0.320. The zero-order chi connectivity index (χ0) is 79.2. The van der Waals surface area contributed by atoms with Gasteiger partial charge in [-0.3, -0.25) is 0 Å². The van der Waals surface area contributed by atoms with E-state index in [4.69, 9.17) is 4.74 Å². The van der Waals surface area contributed by atoms with Gasteiger partial charge in [0.2, 0.25) is 0 Å². The first-order valence-electron chi connectivity index (χ1n) is 40.6. The Morgan fingerprint density at radius 1 is 0.301 bits per heavy atom. The number of carbonyl (C=O) groups excluding carboxylic acids is 1. The lowest BCUT2D eigenvalue weighted by Gasteiger charge is -2.24. The van der Waals surface area contributed by atoms with Crippen molar-refractivity contribution in [3.05, 3.63) is 302 Å². The first-order valence-corrected chi connectivity index (χ1v) is 40.6. The van der Waals surface area contributed by atoms with Crippen LogP contribution in [0.1, 0.15) is 293 Å². The zero-order valence-corrected chi connectivity index (χ0v) is 71.7. The SMILES string of the molecule is CC.CC.CC.CC.CC.CC.CC.CC.CC.CCC1CCC(C)CC1.CCc1ccc(-c2ccc(C)cc2)cc1.CCc1ccc(C#Cc2ccc(C)cc2)cc1.CCc1ccc(C)cc1.CCc1ccc(CCc2ccc(C)cc2)cc1.CCc1ccc(OC(=O)c2ccc(C)cc2)cc1. The first kappa shape index (κ1) is 104. The summed E-state index contributed by atoms with van der Waals surface area (Å²) in [4.78, 5) is 11.9. The Labute approximate surface area is 638 Å². The lowest BCUT2D eigenvalue weighted by Crippen LogP contribution is -2.10. The van der Waals surface area contributed by atoms with E-state index in [1.54, 1.807) is 12.1 Å². The Morgan fingerprint density at radius 2 is 0.524 bits per heavy atom.